The van der Waals surface area contributed by atoms with Gasteiger partial charge < -0.3 is 0 Å². The minimum atomic E-state index is -0.240. The van der Waals surface area contributed by atoms with Gasteiger partial charge in [-0.15, -0.1) is 0 Å². The average molecular weight is 232 g/mol. The summed E-state index contributed by atoms with van der Waals surface area (Å²) in [7, 11) is 1.58. The molecule has 17 heavy (non-hydrogen) atoms. The van der Waals surface area contributed by atoms with Crippen LogP contribution in [0.2, 0.25) is 0 Å². The Morgan fingerprint density at radius 3 is 2.41 bits per heavy atom. The molecule has 0 saturated heterocycles. The van der Waals surface area contributed by atoms with Crippen molar-refractivity contribution in [2.24, 2.45) is 7.05 Å². The molecule has 0 atom stereocenters. The maximum absolute atomic E-state index is 11.7. The summed E-state index contributed by atoms with van der Waals surface area (Å²) in [6.07, 6.45) is 0. The molecule has 0 bridgehead atoms. The van der Waals surface area contributed by atoms with Crippen LogP contribution < -0.4 is 5.69 Å². The van der Waals surface area contributed by atoms with Crippen LogP contribution in [0.4, 0.5) is 0 Å². The molecule has 2 aromatic rings. The highest BCUT2D eigenvalue weighted by Gasteiger charge is 2.15. The molecule has 90 valence electrons. The van der Waals surface area contributed by atoms with Crippen molar-refractivity contribution in [2.75, 3.05) is 0 Å². The molecule has 1 aromatic carbocycles. The summed E-state index contributed by atoms with van der Waals surface area (Å²) >= 11 is 0. The third-order valence-corrected chi connectivity index (χ3v) is 2.68. The van der Waals surface area contributed by atoms with Gasteiger partial charge in [0, 0.05) is 7.05 Å². The summed E-state index contributed by atoms with van der Waals surface area (Å²) in [5, 5.41) is 7.53. The Morgan fingerprint density at radius 2 is 1.88 bits per heavy atom. The van der Waals surface area contributed by atoms with Crippen LogP contribution in [0.3, 0.4) is 0 Å². The van der Waals surface area contributed by atoms with Gasteiger partial charge in [0.2, 0.25) is 0 Å². The lowest BCUT2D eigenvalue weighted by atomic mass is 9.87. The van der Waals surface area contributed by atoms with Crippen molar-refractivity contribution in [2.45, 2.75) is 26.2 Å². The highest BCUT2D eigenvalue weighted by molar-refractivity contribution is 5.37. The normalized spacial score (nSPS) is 11.8. The van der Waals surface area contributed by atoms with Gasteiger partial charge >= 0.3 is 5.69 Å². The van der Waals surface area contributed by atoms with Gasteiger partial charge in [-0.2, -0.15) is 9.36 Å². The number of aryl methyl sites for hydroxylation is 1. The van der Waals surface area contributed by atoms with Crippen LogP contribution in [0, 0.1) is 0 Å². The summed E-state index contributed by atoms with van der Waals surface area (Å²) < 4.78 is 2.51. The molecule has 0 amide bonds. The van der Waals surface area contributed by atoms with Crippen molar-refractivity contribution in [1.82, 2.24) is 19.8 Å². The van der Waals surface area contributed by atoms with Gasteiger partial charge in [-0.05, 0) is 33.5 Å². The van der Waals surface area contributed by atoms with Gasteiger partial charge in [-0.3, -0.25) is 0 Å². The number of tetrazole rings is 1. The van der Waals surface area contributed by atoms with E-state index in [-0.39, 0.29) is 11.1 Å². The predicted molar refractivity (Wildman–Crippen MR) is 65.3 cm³/mol. The largest absolute Gasteiger partial charge is 0.368 e. The molecule has 0 aliphatic carbocycles. The molecule has 1 heterocycles. The Balaban J connectivity index is 2.55. The standard InChI is InChI=1S/C12H16N4O/c1-12(2,3)9-6-5-7-10(8-9)16-11(17)15(4)13-14-16/h5-8H,1-4H3. The second-order valence-corrected chi connectivity index (χ2v) is 5.10. The Labute approximate surface area is 99.7 Å². The number of nitrogens with zero attached hydrogens (tertiary/aromatic N) is 4. The fraction of sp³-hybridized carbons (Fsp3) is 0.417. The fourth-order valence-electron chi connectivity index (χ4n) is 1.58. The van der Waals surface area contributed by atoms with Crippen LogP contribution in [-0.4, -0.2) is 19.8 Å². The molecule has 0 spiro atoms. The summed E-state index contributed by atoms with van der Waals surface area (Å²) in [4.78, 5) is 11.7. The molecule has 0 aliphatic rings. The van der Waals surface area contributed by atoms with E-state index >= 15 is 0 Å². The number of benzene rings is 1. The second kappa shape index (κ2) is 3.84. The van der Waals surface area contributed by atoms with Crippen LogP contribution in [0.25, 0.3) is 5.69 Å². The van der Waals surface area contributed by atoms with Gasteiger partial charge in [0.25, 0.3) is 0 Å². The lowest BCUT2D eigenvalue weighted by Crippen LogP contribution is -2.22. The molecule has 0 radical (unpaired) electrons. The third kappa shape index (κ3) is 2.13. The molecular formula is C12H16N4O. The predicted octanol–water partition coefficient (Wildman–Crippen LogP) is 1.26. The lowest BCUT2D eigenvalue weighted by molar-refractivity contribution is 0.589. The lowest BCUT2D eigenvalue weighted by Gasteiger charge is -2.19. The van der Waals surface area contributed by atoms with Crippen molar-refractivity contribution in [1.29, 1.82) is 0 Å². The van der Waals surface area contributed by atoms with Crippen LogP contribution in [0.1, 0.15) is 26.3 Å². The molecule has 0 fully saturated rings. The molecule has 2 rings (SSSR count). The van der Waals surface area contributed by atoms with Crippen LogP contribution in [-0.2, 0) is 12.5 Å². The fourth-order valence-corrected chi connectivity index (χ4v) is 1.58. The first kappa shape index (κ1) is 11.6. The average Bonchev–Trinajstić information content (AvgIpc) is 2.59. The van der Waals surface area contributed by atoms with Crippen LogP contribution >= 0.6 is 0 Å². The zero-order valence-corrected chi connectivity index (χ0v) is 10.5. The van der Waals surface area contributed by atoms with Crippen molar-refractivity contribution in [3.63, 3.8) is 0 Å². The Morgan fingerprint density at radius 1 is 1.18 bits per heavy atom. The van der Waals surface area contributed by atoms with E-state index in [9.17, 15) is 4.79 Å². The number of rotatable bonds is 1. The van der Waals surface area contributed by atoms with Crippen LogP contribution in [0.15, 0.2) is 29.1 Å². The van der Waals surface area contributed by atoms with E-state index in [1.807, 2.05) is 24.3 Å². The molecular weight excluding hydrogens is 216 g/mol. The van der Waals surface area contributed by atoms with Crippen molar-refractivity contribution in [3.8, 4) is 5.69 Å². The van der Waals surface area contributed by atoms with Gasteiger partial charge in [0.15, 0.2) is 0 Å². The number of hydrogen-bond donors (Lipinski definition) is 0. The van der Waals surface area contributed by atoms with Gasteiger partial charge in [0.1, 0.15) is 0 Å². The molecule has 5 heteroatoms. The van der Waals surface area contributed by atoms with E-state index in [1.165, 1.54) is 9.36 Å². The quantitative estimate of drug-likeness (QED) is 0.744. The first-order chi connectivity index (χ1) is 7.89. The summed E-state index contributed by atoms with van der Waals surface area (Å²) in [5.74, 6) is 0. The minimum absolute atomic E-state index is 0.0435. The molecule has 5 nitrogen and oxygen atoms in total. The zero-order chi connectivity index (χ0) is 12.6. The van der Waals surface area contributed by atoms with Crippen molar-refractivity contribution < 1.29 is 0 Å². The second-order valence-electron chi connectivity index (χ2n) is 5.10. The summed E-state index contributed by atoms with van der Waals surface area (Å²) in [5.41, 5.74) is 1.71. The van der Waals surface area contributed by atoms with E-state index in [4.69, 9.17) is 0 Å². The SMILES string of the molecule is Cn1nnn(-c2cccc(C(C)(C)C)c2)c1=O. The zero-order valence-electron chi connectivity index (χ0n) is 10.5. The van der Waals surface area contributed by atoms with Crippen molar-refractivity contribution in [3.05, 3.63) is 40.3 Å². The molecule has 1 aromatic heterocycles. The van der Waals surface area contributed by atoms with Gasteiger partial charge in [-0.1, -0.05) is 32.9 Å². The topological polar surface area (TPSA) is 52.7 Å². The van der Waals surface area contributed by atoms with Crippen LogP contribution in [0.5, 0.6) is 0 Å². The molecule has 0 saturated carbocycles. The van der Waals surface area contributed by atoms with E-state index in [0.29, 0.717) is 0 Å². The van der Waals surface area contributed by atoms with E-state index < -0.39 is 0 Å². The molecule has 0 N–H and O–H groups in total. The monoisotopic (exact) mass is 232 g/mol. The summed E-state index contributed by atoms with van der Waals surface area (Å²) in [6.45, 7) is 6.39. The van der Waals surface area contributed by atoms with E-state index in [0.717, 1.165) is 11.3 Å². The molecule has 0 unspecified atom stereocenters. The number of aromatic nitrogens is 4. The van der Waals surface area contributed by atoms with E-state index in [1.54, 1.807) is 7.05 Å². The Hall–Kier alpha value is -1.91. The maximum Gasteiger partial charge on any atom is 0.368 e. The van der Waals surface area contributed by atoms with Gasteiger partial charge in [-0.25, -0.2) is 4.79 Å². The van der Waals surface area contributed by atoms with Gasteiger partial charge in [0.05, 0.1) is 5.69 Å². The van der Waals surface area contributed by atoms with Crippen molar-refractivity contribution >= 4 is 0 Å². The first-order valence-electron chi connectivity index (χ1n) is 5.49. The highest BCUT2D eigenvalue weighted by atomic mass is 16.2. The smallest absolute Gasteiger partial charge is 0.244 e. The minimum Gasteiger partial charge on any atom is -0.244 e. The third-order valence-electron chi connectivity index (χ3n) is 2.68. The highest BCUT2D eigenvalue weighted by Crippen LogP contribution is 2.23. The maximum atomic E-state index is 11.7. The summed E-state index contributed by atoms with van der Waals surface area (Å²) in [6, 6.07) is 7.79. The Bertz CT molecular complexity index is 589. The first-order valence-corrected chi connectivity index (χ1v) is 5.49. The Kier molecular flexibility index (Phi) is 2.61. The number of hydrogen-bond acceptors (Lipinski definition) is 3. The van der Waals surface area contributed by atoms with E-state index in [2.05, 4.69) is 31.2 Å². The molecule has 0 aliphatic heterocycles.